The number of furan rings is 1. The molecule has 0 saturated carbocycles. The van der Waals surface area contributed by atoms with E-state index in [1.807, 2.05) is 30.3 Å². The fourth-order valence-corrected chi connectivity index (χ4v) is 1.97. The summed E-state index contributed by atoms with van der Waals surface area (Å²) in [4.78, 5) is 11.1. The Hall–Kier alpha value is -1.70. The third-order valence-corrected chi connectivity index (χ3v) is 2.97. The monoisotopic (exact) mass is 372 g/mol. The minimum Gasteiger partial charge on any atom is -0.454 e. The molecule has 1 aromatic heterocycles. The Kier molecular flexibility index (Phi) is 4.67. The summed E-state index contributed by atoms with van der Waals surface area (Å²) < 4.78 is 10.8. The molecule has 0 unspecified atom stereocenters. The maximum absolute atomic E-state index is 11.1. The zero-order valence-electron chi connectivity index (χ0n) is 10.3. The van der Waals surface area contributed by atoms with Crippen LogP contribution in [0, 0.1) is 3.77 Å². The van der Waals surface area contributed by atoms with Gasteiger partial charge in [-0.25, -0.2) is 4.79 Å². The van der Waals surface area contributed by atoms with Gasteiger partial charge in [-0.15, -0.1) is 0 Å². The number of carbonyl (C=O) groups excluding carboxylic acids is 1. The van der Waals surface area contributed by atoms with E-state index in [9.17, 15) is 4.79 Å². The molecule has 100 valence electrons. The summed E-state index contributed by atoms with van der Waals surface area (Å²) in [6.07, 6.45) is -0.488. The lowest BCUT2D eigenvalue weighted by molar-refractivity contribution is 0.187. The Morgan fingerprint density at radius 2 is 2.11 bits per heavy atom. The molecule has 0 aliphatic rings. The fraction of sp³-hybridized carbons (Fsp3) is 0.154. The number of benzene rings is 1. The molecule has 0 bridgehead atoms. The van der Waals surface area contributed by atoms with Gasteiger partial charge < -0.3 is 14.5 Å². The molecule has 1 aromatic carbocycles. The van der Waals surface area contributed by atoms with Gasteiger partial charge in [0.1, 0.15) is 5.76 Å². The summed E-state index contributed by atoms with van der Waals surface area (Å²) in [6.45, 7) is 0.588. The molecule has 2 aromatic rings. The van der Waals surface area contributed by atoms with Crippen LogP contribution in [0.1, 0.15) is 5.76 Å². The van der Waals surface area contributed by atoms with Crippen LogP contribution in [-0.4, -0.2) is 13.2 Å². The number of ether oxygens (including phenoxy) is 1. The van der Waals surface area contributed by atoms with Crippen LogP contribution in [0.5, 0.6) is 0 Å². The van der Waals surface area contributed by atoms with E-state index >= 15 is 0 Å². The quantitative estimate of drug-likeness (QED) is 0.804. The van der Waals surface area contributed by atoms with Gasteiger partial charge in [0.05, 0.1) is 13.7 Å². The fourth-order valence-electron chi connectivity index (χ4n) is 1.51. The second-order valence-corrected chi connectivity index (χ2v) is 4.82. The molecule has 5 nitrogen and oxygen atoms in total. The zero-order valence-corrected chi connectivity index (χ0v) is 12.4. The molecule has 0 radical (unpaired) electrons. The van der Waals surface area contributed by atoms with E-state index in [2.05, 4.69) is 38.0 Å². The van der Waals surface area contributed by atoms with Gasteiger partial charge in [-0.3, -0.25) is 5.32 Å². The van der Waals surface area contributed by atoms with Gasteiger partial charge in [-0.2, -0.15) is 0 Å². The smallest absolute Gasteiger partial charge is 0.411 e. The van der Waals surface area contributed by atoms with E-state index in [0.29, 0.717) is 12.2 Å². The summed E-state index contributed by atoms with van der Waals surface area (Å²) in [5, 5.41) is 5.83. The molecule has 1 amide bonds. The second kappa shape index (κ2) is 6.46. The van der Waals surface area contributed by atoms with Crippen molar-refractivity contribution in [2.24, 2.45) is 0 Å². The van der Waals surface area contributed by atoms with Crippen molar-refractivity contribution in [1.82, 2.24) is 0 Å². The largest absolute Gasteiger partial charge is 0.454 e. The summed E-state index contributed by atoms with van der Waals surface area (Å²) in [5.41, 5.74) is 1.56. The van der Waals surface area contributed by atoms with Crippen LogP contribution >= 0.6 is 22.6 Å². The predicted octanol–water partition coefficient (Wildman–Crippen LogP) is 3.67. The van der Waals surface area contributed by atoms with Gasteiger partial charge in [-0.05, 0) is 52.9 Å². The minimum atomic E-state index is -0.488. The molecule has 2 rings (SSSR count). The van der Waals surface area contributed by atoms with Crippen LogP contribution < -0.4 is 10.6 Å². The maximum Gasteiger partial charge on any atom is 0.411 e. The first-order chi connectivity index (χ1) is 9.17. The van der Waals surface area contributed by atoms with Crippen molar-refractivity contribution in [3.05, 3.63) is 45.9 Å². The maximum atomic E-state index is 11.1. The number of carbonyl (C=O) groups is 1. The van der Waals surface area contributed by atoms with Crippen LogP contribution in [0.3, 0.4) is 0 Å². The Labute approximate surface area is 124 Å². The number of amides is 1. The van der Waals surface area contributed by atoms with Gasteiger partial charge in [-0.1, -0.05) is 6.07 Å². The summed E-state index contributed by atoms with van der Waals surface area (Å²) >= 11 is 2.12. The number of rotatable bonds is 4. The standard InChI is InChI=1S/C13H13IN2O3/c1-18-13(17)16-10-4-2-3-9(7-10)15-8-11-5-6-12(14)19-11/h2-7,15H,8H2,1H3,(H,16,17). The van der Waals surface area contributed by atoms with Crippen molar-refractivity contribution in [2.45, 2.75) is 6.54 Å². The first kappa shape index (κ1) is 13.7. The molecule has 2 N–H and O–H groups in total. The molecule has 6 heteroatoms. The number of halogens is 1. The number of methoxy groups -OCH3 is 1. The molecule has 0 spiro atoms. The molecular formula is C13H13IN2O3. The average molecular weight is 372 g/mol. The second-order valence-electron chi connectivity index (χ2n) is 3.76. The van der Waals surface area contributed by atoms with Crippen molar-refractivity contribution < 1.29 is 13.9 Å². The number of hydrogen-bond acceptors (Lipinski definition) is 4. The highest BCUT2D eigenvalue weighted by atomic mass is 127. The van der Waals surface area contributed by atoms with E-state index in [1.165, 1.54) is 7.11 Å². The highest BCUT2D eigenvalue weighted by Gasteiger charge is 2.02. The average Bonchev–Trinajstić information content (AvgIpc) is 2.82. The third-order valence-electron chi connectivity index (χ3n) is 2.39. The predicted molar refractivity (Wildman–Crippen MR) is 81.2 cm³/mol. The van der Waals surface area contributed by atoms with Gasteiger partial charge in [0.15, 0.2) is 3.77 Å². The number of nitrogens with one attached hydrogen (secondary N) is 2. The van der Waals surface area contributed by atoms with E-state index in [0.717, 1.165) is 15.2 Å². The highest BCUT2D eigenvalue weighted by Crippen LogP contribution is 2.17. The van der Waals surface area contributed by atoms with Crippen molar-refractivity contribution in [3.63, 3.8) is 0 Å². The van der Waals surface area contributed by atoms with Crippen molar-refractivity contribution >= 4 is 40.1 Å². The summed E-state index contributed by atoms with van der Waals surface area (Å²) in [7, 11) is 1.33. The van der Waals surface area contributed by atoms with Crippen LogP contribution in [0.2, 0.25) is 0 Å². The number of hydrogen-bond donors (Lipinski definition) is 2. The highest BCUT2D eigenvalue weighted by molar-refractivity contribution is 14.1. The van der Waals surface area contributed by atoms with Gasteiger partial charge in [0.2, 0.25) is 0 Å². The summed E-state index contributed by atoms with van der Waals surface area (Å²) in [6, 6.07) is 11.2. The molecule has 0 atom stereocenters. The molecule has 0 aliphatic heterocycles. The van der Waals surface area contributed by atoms with Gasteiger partial charge >= 0.3 is 6.09 Å². The lowest BCUT2D eigenvalue weighted by atomic mass is 10.2. The van der Waals surface area contributed by atoms with Gasteiger partial charge in [0.25, 0.3) is 0 Å². The Bertz CT molecular complexity index is 569. The zero-order chi connectivity index (χ0) is 13.7. The van der Waals surface area contributed by atoms with E-state index in [-0.39, 0.29) is 0 Å². The topological polar surface area (TPSA) is 63.5 Å². The van der Waals surface area contributed by atoms with Gasteiger partial charge in [0, 0.05) is 11.4 Å². The number of anilines is 2. The van der Waals surface area contributed by atoms with Crippen molar-refractivity contribution in [3.8, 4) is 0 Å². The third kappa shape index (κ3) is 4.16. The van der Waals surface area contributed by atoms with Crippen LogP contribution in [0.25, 0.3) is 0 Å². The summed E-state index contributed by atoms with van der Waals surface area (Å²) in [5.74, 6) is 0.857. The van der Waals surface area contributed by atoms with Crippen molar-refractivity contribution in [1.29, 1.82) is 0 Å². The Balaban J connectivity index is 1.97. The lowest BCUT2D eigenvalue weighted by Gasteiger charge is -2.08. The Morgan fingerprint density at radius 3 is 2.79 bits per heavy atom. The first-order valence-electron chi connectivity index (χ1n) is 5.60. The Morgan fingerprint density at radius 1 is 1.32 bits per heavy atom. The first-order valence-corrected chi connectivity index (χ1v) is 6.68. The molecular weight excluding hydrogens is 359 g/mol. The molecule has 19 heavy (non-hydrogen) atoms. The van der Waals surface area contributed by atoms with Crippen LogP contribution in [0.4, 0.5) is 16.2 Å². The lowest BCUT2D eigenvalue weighted by Crippen LogP contribution is -2.11. The SMILES string of the molecule is COC(=O)Nc1cccc(NCc2ccc(I)o2)c1. The minimum absolute atomic E-state index is 0.488. The normalized spacial score (nSPS) is 10.0. The van der Waals surface area contributed by atoms with E-state index in [1.54, 1.807) is 6.07 Å². The van der Waals surface area contributed by atoms with E-state index in [4.69, 9.17) is 4.42 Å². The molecule has 0 fully saturated rings. The molecule has 1 heterocycles. The van der Waals surface area contributed by atoms with Crippen molar-refractivity contribution in [2.75, 3.05) is 17.7 Å². The van der Waals surface area contributed by atoms with Crippen LogP contribution in [0.15, 0.2) is 40.8 Å². The van der Waals surface area contributed by atoms with Crippen LogP contribution in [-0.2, 0) is 11.3 Å². The molecule has 0 aliphatic carbocycles. The van der Waals surface area contributed by atoms with E-state index < -0.39 is 6.09 Å². The molecule has 0 saturated heterocycles.